The van der Waals surface area contributed by atoms with E-state index in [0.717, 1.165) is 31.5 Å². The lowest BCUT2D eigenvalue weighted by atomic mass is 10.1. The summed E-state index contributed by atoms with van der Waals surface area (Å²) in [6, 6.07) is 15.4. The number of amides is 2. The Kier molecular flexibility index (Phi) is 9.89. The fourth-order valence-electron chi connectivity index (χ4n) is 2.53. The van der Waals surface area contributed by atoms with E-state index in [-0.39, 0.29) is 11.8 Å². The molecule has 2 N–H and O–H groups in total. The minimum absolute atomic E-state index is 0.173. The van der Waals surface area contributed by atoms with Crippen LogP contribution < -0.4 is 10.9 Å². The van der Waals surface area contributed by atoms with E-state index in [9.17, 15) is 9.59 Å². The minimum atomic E-state index is -0.173. The van der Waals surface area contributed by atoms with Crippen molar-refractivity contribution >= 4 is 55.1 Å². The van der Waals surface area contributed by atoms with Crippen LogP contribution in [-0.2, 0) is 9.59 Å². The molecule has 0 saturated heterocycles. The number of nitrogens with one attached hydrogen (secondary N) is 2. The standard InChI is InChI=1S/C22H24Br2N4O2/c1-15(17-7-5-9-19(23)13-17)25-27-21(29)11-3-4-12-22(30)28-26-16(2)18-8-6-10-20(24)14-18/h5-10,13-14H,3-4,11-12H2,1-2H3,(H,27,29)(H,28,30)/b25-15+,26-16+. The minimum Gasteiger partial charge on any atom is -0.273 e. The first kappa shape index (κ1) is 24.0. The van der Waals surface area contributed by atoms with E-state index in [1.54, 1.807) is 0 Å². The van der Waals surface area contributed by atoms with Gasteiger partial charge in [0.2, 0.25) is 11.8 Å². The lowest BCUT2D eigenvalue weighted by Gasteiger charge is -2.05. The van der Waals surface area contributed by atoms with Gasteiger partial charge in [-0.05, 0) is 62.1 Å². The molecule has 0 radical (unpaired) electrons. The lowest BCUT2D eigenvalue weighted by molar-refractivity contribution is -0.123. The van der Waals surface area contributed by atoms with Crippen molar-refractivity contribution in [2.75, 3.05) is 0 Å². The number of nitrogens with zero attached hydrogens (tertiary/aromatic N) is 2. The van der Waals surface area contributed by atoms with Gasteiger partial charge in [-0.15, -0.1) is 0 Å². The van der Waals surface area contributed by atoms with Crippen molar-refractivity contribution in [3.63, 3.8) is 0 Å². The van der Waals surface area contributed by atoms with Crippen molar-refractivity contribution in [3.05, 3.63) is 68.6 Å². The maximum Gasteiger partial charge on any atom is 0.240 e. The summed E-state index contributed by atoms with van der Waals surface area (Å²) in [5.41, 5.74) is 8.43. The Balaban J connectivity index is 1.67. The predicted octanol–water partition coefficient (Wildman–Crippen LogP) is 5.15. The SMILES string of the molecule is C/C(=N\NC(=O)CCCCC(=O)N/N=C(\C)c1cccc(Br)c1)c1cccc(Br)c1. The molecule has 0 fully saturated rings. The second kappa shape index (κ2) is 12.4. The van der Waals surface area contributed by atoms with Gasteiger partial charge in [0.05, 0.1) is 11.4 Å². The average molecular weight is 536 g/mol. The van der Waals surface area contributed by atoms with E-state index >= 15 is 0 Å². The summed E-state index contributed by atoms with van der Waals surface area (Å²) < 4.78 is 1.91. The third kappa shape index (κ3) is 8.59. The maximum atomic E-state index is 11.9. The van der Waals surface area contributed by atoms with E-state index < -0.39 is 0 Å². The highest BCUT2D eigenvalue weighted by molar-refractivity contribution is 9.10. The molecule has 0 heterocycles. The van der Waals surface area contributed by atoms with E-state index in [4.69, 9.17) is 0 Å². The van der Waals surface area contributed by atoms with Gasteiger partial charge in [-0.3, -0.25) is 9.59 Å². The number of halogens is 2. The van der Waals surface area contributed by atoms with Crippen LogP contribution in [0.4, 0.5) is 0 Å². The van der Waals surface area contributed by atoms with Crippen LogP contribution >= 0.6 is 31.9 Å². The molecule has 0 unspecified atom stereocenters. The molecule has 0 aliphatic heterocycles. The Morgan fingerprint density at radius 2 is 1.17 bits per heavy atom. The number of hydrazone groups is 2. The highest BCUT2D eigenvalue weighted by Crippen LogP contribution is 2.13. The van der Waals surface area contributed by atoms with Crippen LogP contribution in [0.1, 0.15) is 50.7 Å². The molecule has 2 rings (SSSR count). The molecule has 0 aromatic heterocycles. The molecule has 6 nitrogen and oxygen atoms in total. The van der Waals surface area contributed by atoms with E-state index in [2.05, 4.69) is 52.9 Å². The van der Waals surface area contributed by atoms with Crippen LogP contribution in [0.2, 0.25) is 0 Å². The molecular weight excluding hydrogens is 512 g/mol. The number of rotatable bonds is 9. The third-order valence-corrected chi connectivity index (χ3v) is 5.23. The van der Waals surface area contributed by atoms with Crippen molar-refractivity contribution in [1.29, 1.82) is 0 Å². The normalized spacial score (nSPS) is 11.9. The molecule has 2 aromatic carbocycles. The molecule has 0 bridgehead atoms. The van der Waals surface area contributed by atoms with Gasteiger partial charge in [-0.25, -0.2) is 10.9 Å². The van der Waals surface area contributed by atoms with Crippen molar-refractivity contribution < 1.29 is 9.59 Å². The van der Waals surface area contributed by atoms with Crippen LogP contribution in [0.3, 0.4) is 0 Å². The van der Waals surface area contributed by atoms with Gasteiger partial charge in [-0.1, -0.05) is 56.1 Å². The molecule has 158 valence electrons. The van der Waals surface area contributed by atoms with Crippen molar-refractivity contribution in [3.8, 4) is 0 Å². The third-order valence-electron chi connectivity index (χ3n) is 4.24. The van der Waals surface area contributed by atoms with Crippen molar-refractivity contribution in [2.24, 2.45) is 10.2 Å². The lowest BCUT2D eigenvalue weighted by Crippen LogP contribution is -2.20. The molecule has 0 aliphatic carbocycles. The van der Waals surface area contributed by atoms with Crippen LogP contribution in [0, 0.1) is 0 Å². The Morgan fingerprint density at radius 1 is 0.767 bits per heavy atom. The number of carbonyl (C=O) groups is 2. The molecule has 0 saturated carbocycles. The second-order valence-electron chi connectivity index (χ2n) is 6.69. The zero-order valence-corrected chi connectivity index (χ0v) is 20.1. The average Bonchev–Trinajstić information content (AvgIpc) is 2.73. The number of hydrogen-bond donors (Lipinski definition) is 2. The van der Waals surface area contributed by atoms with Gasteiger partial charge in [0.15, 0.2) is 0 Å². The zero-order valence-electron chi connectivity index (χ0n) is 16.9. The van der Waals surface area contributed by atoms with Gasteiger partial charge < -0.3 is 0 Å². The number of unbranched alkanes of at least 4 members (excludes halogenated alkanes) is 1. The predicted molar refractivity (Wildman–Crippen MR) is 127 cm³/mol. The molecular formula is C22H24Br2N4O2. The van der Waals surface area contributed by atoms with E-state index in [1.165, 1.54) is 0 Å². The highest BCUT2D eigenvalue weighted by Gasteiger charge is 2.05. The van der Waals surface area contributed by atoms with Crippen LogP contribution in [0.25, 0.3) is 0 Å². The quantitative estimate of drug-likeness (QED) is 0.264. The summed E-state index contributed by atoms with van der Waals surface area (Å²) in [4.78, 5) is 23.9. The molecule has 0 atom stereocenters. The van der Waals surface area contributed by atoms with E-state index in [0.29, 0.717) is 25.7 Å². The van der Waals surface area contributed by atoms with Crippen LogP contribution in [-0.4, -0.2) is 23.2 Å². The summed E-state index contributed by atoms with van der Waals surface area (Å²) in [5, 5.41) is 8.26. The summed E-state index contributed by atoms with van der Waals surface area (Å²) in [7, 11) is 0. The Bertz CT molecular complexity index is 880. The first-order valence-corrected chi connectivity index (χ1v) is 11.1. The van der Waals surface area contributed by atoms with Crippen LogP contribution in [0.5, 0.6) is 0 Å². The molecule has 0 spiro atoms. The van der Waals surface area contributed by atoms with Crippen molar-refractivity contribution in [1.82, 2.24) is 10.9 Å². The number of carbonyl (C=O) groups excluding carboxylic acids is 2. The number of hydrogen-bond acceptors (Lipinski definition) is 4. The van der Waals surface area contributed by atoms with E-state index in [1.807, 2.05) is 62.4 Å². The first-order valence-electron chi connectivity index (χ1n) is 9.53. The van der Waals surface area contributed by atoms with Gasteiger partial charge in [-0.2, -0.15) is 10.2 Å². The molecule has 2 aromatic rings. The summed E-state index contributed by atoms with van der Waals surface area (Å²) in [5.74, 6) is -0.346. The molecule has 2 amide bonds. The molecule has 0 aliphatic rings. The maximum absolute atomic E-state index is 11.9. The Morgan fingerprint density at radius 3 is 1.53 bits per heavy atom. The summed E-state index contributed by atoms with van der Waals surface area (Å²) in [6.07, 6.45) is 1.81. The smallest absolute Gasteiger partial charge is 0.240 e. The Hall–Kier alpha value is -2.32. The van der Waals surface area contributed by atoms with Gasteiger partial charge in [0.1, 0.15) is 0 Å². The fraction of sp³-hybridized carbons (Fsp3) is 0.273. The topological polar surface area (TPSA) is 82.9 Å². The largest absolute Gasteiger partial charge is 0.273 e. The Labute approximate surface area is 193 Å². The van der Waals surface area contributed by atoms with Crippen LogP contribution in [0.15, 0.2) is 67.7 Å². The van der Waals surface area contributed by atoms with Gasteiger partial charge in [0.25, 0.3) is 0 Å². The zero-order chi connectivity index (χ0) is 21.9. The summed E-state index contributed by atoms with van der Waals surface area (Å²) >= 11 is 6.83. The second-order valence-corrected chi connectivity index (χ2v) is 8.52. The van der Waals surface area contributed by atoms with Crippen molar-refractivity contribution in [2.45, 2.75) is 39.5 Å². The number of benzene rings is 2. The van der Waals surface area contributed by atoms with Gasteiger partial charge >= 0.3 is 0 Å². The molecule has 30 heavy (non-hydrogen) atoms. The fourth-order valence-corrected chi connectivity index (χ4v) is 3.33. The van der Waals surface area contributed by atoms with Gasteiger partial charge in [0, 0.05) is 21.8 Å². The summed E-state index contributed by atoms with van der Waals surface area (Å²) in [6.45, 7) is 3.67. The molecule has 8 heteroatoms. The first-order chi connectivity index (χ1) is 14.3. The monoisotopic (exact) mass is 534 g/mol. The highest BCUT2D eigenvalue weighted by atomic mass is 79.9.